The van der Waals surface area contributed by atoms with Crippen molar-refractivity contribution in [1.82, 2.24) is 4.90 Å². The summed E-state index contributed by atoms with van der Waals surface area (Å²) in [6.45, 7) is 5.85. The fourth-order valence-corrected chi connectivity index (χ4v) is 3.08. The van der Waals surface area contributed by atoms with Crippen molar-refractivity contribution < 1.29 is 9.84 Å². The molecule has 112 valence electrons. The minimum absolute atomic E-state index is 0.416. The first-order valence-corrected chi connectivity index (χ1v) is 8.45. The monoisotopic (exact) mass is 389 g/mol. The van der Waals surface area contributed by atoms with Gasteiger partial charge in [-0.15, -0.1) is 0 Å². The molecule has 20 heavy (non-hydrogen) atoms. The van der Waals surface area contributed by atoms with Gasteiger partial charge in [0, 0.05) is 6.54 Å². The number of aliphatic hydroxyl groups excluding tert-OH is 1. The van der Waals surface area contributed by atoms with Gasteiger partial charge in [0.05, 0.1) is 10.0 Å². The number of nitrogens with zero attached hydrogens (tertiary/aromatic N) is 1. The molecule has 1 fully saturated rings. The Labute approximate surface area is 135 Å². The van der Waals surface area contributed by atoms with Gasteiger partial charge in [0.1, 0.15) is 0 Å². The molecule has 1 aromatic rings. The lowest BCUT2D eigenvalue weighted by atomic mass is 10.0. The van der Waals surface area contributed by atoms with Crippen LogP contribution in [0, 0.1) is 0 Å². The highest BCUT2D eigenvalue weighted by atomic mass is 127. The number of ether oxygens (including phenoxy) is 1. The minimum atomic E-state index is -0.782. The number of halogens is 1. The fourth-order valence-electron chi connectivity index (χ4n) is 2.54. The molecule has 0 aromatic heterocycles. The lowest BCUT2D eigenvalue weighted by Crippen LogP contribution is -2.37. The summed E-state index contributed by atoms with van der Waals surface area (Å²) in [5.74, 6) is 0. The molecule has 0 radical (unpaired) electrons. The molecule has 1 aromatic carbocycles. The molecule has 2 atom stereocenters. The maximum absolute atomic E-state index is 10.3. The Morgan fingerprint density at radius 1 is 1.25 bits per heavy atom. The molecule has 0 saturated carbocycles. The lowest BCUT2D eigenvalue weighted by Gasteiger charge is -2.31. The van der Waals surface area contributed by atoms with E-state index in [4.69, 9.17) is 4.74 Å². The maximum Gasteiger partial charge on any atom is 0.173 e. The van der Waals surface area contributed by atoms with Crippen molar-refractivity contribution in [3.05, 3.63) is 35.9 Å². The second-order valence-electron chi connectivity index (χ2n) is 5.57. The van der Waals surface area contributed by atoms with Crippen LogP contribution in [0.5, 0.6) is 0 Å². The summed E-state index contributed by atoms with van der Waals surface area (Å²) in [5.41, 5.74) is 1.09. The van der Waals surface area contributed by atoms with E-state index in [2.05, 4.69) is 27.5 Å². The van der Waals surface area contributed by atoms with Gasteiger partial charge in [-0.1, -0.05) is 59.3 Å². The molecular formula is C16H24INO2. The first-order valence-electron chi connectivity index (χ1n) is 7.37. The molecule has 1 N–H and O–H groups in total. The van der Waals surface area contributed by atoms with E-state index in [1.54, 1.807) is 0 Å². The van der Waals surface area contributed by atoms with E-state index >= 15 is 0 Å². The molecule has 0 aliphatic carbocycles. The number of hydrogen-bond donors (Lipinski definition) is 1. The molecule has 0 amide bonds. The van der Waals surface area contributed by atoms with Crippen LogP contribution in [0.2, 0.25) is 0 Å². The van der Waals surface area contributed by atoms with Crippen LogP contribution in [0.4, 0.5) is 0 Å². The van der Waals surface area contributed by atoms with Crippen LogP contribution in [0.15, 0.2) is 30.3 Å². The van der Waals surface area contributed by atoms with Crippen LogP contribution < -0.4 is 0 Å². The Bertz CT molecular complexity index is 391. The fraction of sp³-hybridized carbons (Fsp3) is 0.625. The highest BCUT2D eigenvalue weighted by molar-refractivity contribution is 14.1. The zero-order chi connectivity index (χ0) is 14.4. The summed E-state index contributed by atoms with van der Waals surface area (Å²) >= 11 is 2.27. The van der Waals surface area contributed by atoms with Gasteiger partial charge in [-0.2, -0.15) is 0 Å². The maximum atomic E-state index is 10.3. The van der Waals surface area contributed by atoms with Crippen LogP contribution in [0.25, 0.3) is 0 Å². The number of piperidine rings is 1. The van der Waals surface area contributed by atoms with Crippen LogP contribution in [-0.2, 0) is 8.16 Å². The predicted octanol–water partition coefficient (Wildman–Crippen LogP) is 3.16. The SMILES string of the molecule is CC(I)(c1ccccc1)C(O)OCCN1CCCCC1. The van der Waals surface area contributed by atoms with Crippen molar-refractivity contribution in [3.63, 3.8) is 0 Å². The number of likely N-dealkylation sites (tertiary alicyclic amines) is 1. The number of rotatable bonds is 6. The van der Waals surface area contributed by atoms with Crippen LogP contribution in [0.1, 0.15) is 31.7 Å². The molecule has 1 aliphatic rings. The van der Waals surface area contributed by atoms with Gasteiger partial charge >= 0.3 is 0 Å². The zero-order valence-electron chi connectivity index (χ0n) is 12.1. The van der Waals surface area contributed by atoms with Crippen molar-refractivity contribution in [2.45, 2.75) is 35.9 Å². The summed E-state index contributed by atoms with van der Waals surface area (Å²) in [5, 5.41) is 10.3. The molecule has 1 saturated heterocycles. The molecule has 2 unspecified atom stereocenters. The number of benzene rings is 1. The van der Waals surface area contributed by atoms with Crippen LogP contribution in [-0.4, -0.2) is 42.5 Å². The third-order valence-electron chi connectivity index (χ3n) is 3.93. The summed E-state index contributed by atoms with van der Waals surface area (Å²) in [6, 6.07) is 10.0. The van der Waals surface area contributed by atoms with Crippen LogP contribution in [0.3, 0.4) is 0 Å². The van der Waals surface area contributed by atoms with E-state index in [1.165, 1.54) is 32.4 Å². The molecule has 3 nitrogen and oxygen atoms in total. The first-order chi connectivity index (χ1) is 9.60. The number of hydrogen-bond acceptors (Lipinski definition) is 3. The molecule has 1 aliphatic heterocycles. The predicted molar refractivity (Wildman–Crippen MR) is 90.1 cm³/mol. The highest BCUT2D eigenvalue weighted by Crippen LogP contribution is 2.35. The zero-order valence-corrected chi connectivity index (χ0v) is 14.3. The Morgan fingerprint density at radius 2 is 1.90 bits per heavy atom. The Kier molecular flexibility index (Phi) is 6.26. The van der Waals surface area contributed by atoms with Gasteiger partial charge in [-0.05, 0) is 38.4 Å². The van der Waals surface area contributed by atoms with Gasteiger partial charge in [-0.25, -0.2) is 0 Å². The average molecular weight is 389 g/mol. The van der Waals surface area contributed by atoms with E-state index in [1.807, 2.05) is 37.3 Å². The smallest absolute Gasteiger partial charge is 0.173 e. The van der Waals surface area contributed by atoms with Gasteiger partial charge in [0.15, 0.2) is 6.29 Å². The Morgan fingerprint density at radius 3 is 2.55 bits per heavy atom. The Hall–Kier alpha value is -0.170. The number of alkyl halides is 1. The average Bonchev–Trinajstić information content (AvgIpc) is 2.49. The Balaban J connectivity index is 1.80. The summed E-state index contributed by atoms with van der Waals surface area (Å²) in [6.07, 6.45) is 3.14. The third-order valence-corrected chi connectivity index (χ3v) is 5.09. The van der Waals surface area contributed by atoms with E-state index in [0.29, 0.717) is 6.61 Å². The van der Waals surface area contributed by atoms with E-state index in [0.717, 1.165) is 12.1 Å². The second kappa shape index (κ2) is 7.73. The van der Waals surface area contributed by atoms with Gasteiger partial charge < -0.3 is 14.7 Å². The normalized spacial score (nSPS) is 21.4. The van der Waals surface area contributed by atoms with Crippen molar-refractivity contribution in [2.75, 3.05) is 26.2 Å². The summed E-state index contributed by atoms with van der Waals surface area (Å²) in [4.78, 5) is 2.42. The van der Waals surface area contributed by atoms with Gasteiger partial charge in [-0.3, -0.25) is 0 Å². The third kappa shape index (κ3) is 4.41. The van der Waals surface area contributed by atoms with E-state index in [-0.39, 0.29) is 0 Å². The molecule has 4 heteroatoms. The lowest BCUT2D eigenvalue weighted by molar-refractivity contribution is -0.120. The van der Waals surface area contributed by atoms with Gasteiger partial charge in [0.2, 0.25) is 0 Å². The topological polar surface area (TPSA) is 32.7 Å². The van der Waals surface area contributed by atoms with Crippen molar-refractivity contribution >= 4 is 22.6 Å². The van der Waals surface area contributed by atoms with E-state index in [9.17, 15) is 5.11 Å². The summed E-state index contributed by atoms with van der Waals surface area (Å²) in [7, 11) is 0. The molecule has 1 heterocycles. The second-order valence-corrected chi connectivity index (χ2v) is 7.81. The standard InChI is InChI=1S/C16H24INO2/c1-16(17,14-8-4-2-5-9-14)15(19)20-13-12-18-10-6-3-7-11-18/h2,4-5,8-9,15,19H,3,6-7,10-13H2,1H3. The molecular weight excluding hydrogens is 365 g/mol. The first kappa shape index (κ1) is 16.2. The van der Waals surface area contributed by atoms with Crippen molar-refractivity contribution in [2.24, 2.45) is 0 Å². The van der Waals surface area contributed by atoms with Crippen molar-refractivity contribution in [3.8, 4) is 0 Å². The molecule has 2 rings (SSSR count). The quantitative estimate of drug-likeness (QED) is 0.461. The molecule has 0 bridgehead atoms. The largest absolute Gasteiger partial charge is 0.367 e. The van der Waals surface area contributed by atoms with Gasteiger partial charge in [0.25, 0.3) is 0 Å². The number of aliphatic hydroxyl groups is 1. The van der Waals surface area contributed by atoms with E-state index < -0.39 is 9.71 Å². The highest BCUT2D eigenvalue weighted by Gasteiger charge is 2.32. The summed E-state index contributed by atoms with van der Waals surface area (Å²) < 4.78 is 5.25. The van der Waals surface area contributed by atoms with Crippen molar-refractivity contribution in [1.29, 1.82) is 0 Å². The molecule has 0 spiro atoms. The minimum Gasteiger partial charge on any atom is -0.367 e. The van der Waals surface area contributed by atoms with Crippen LogP contribution >= 0.6 is 22.6 Å².